The summed E-state index contributed by atoms with van der Waals surface area (Å²) in [5.74, 6) is 0.398. The maximum Gasteiger partial charge on any atom is 0.270 e. The van der Waals surface area contributed by atoms with Crippen LogP contribution in [0.5, 0.6) is 0 Å². The molecular formula is C24H29N5O3S2. The first-order chi connectivity index (χ1) is 16.2. The summed E-state index contributed by atoms with van der Waals surface area (Å²) < 4.78 is 28.2. The van der Waals surface area contributed by atoms with E-state index in [-0.39, 0.29) is 15.4 Å². The van der Waals surface area contributed by atoms with Crippen molar-refractivity contribution in [3.63, 3.8) is 0 Å². The van der Waals surface area contributed by atoms with Crippen LogP contribution in [0.25, 0.3) is 0 Å². The lowest BCUT2D eigenvalue weighted by Crippen LogP contribution is -2.32. The van der Waals surface area contributed by atoms with Gasteiger partial charge in [-0.15, -0.1) is 10.2 Å². The molecule has 1 aromatic heterocycles. The van der Waals surface area contributed by atoms with Crippen LogP contribution in [0.15, 0.2) is 52.9 Å². The summed E-state index contributed by atoms with van der Waals surface area (Å²) in [5, 5.41) is 10.3. The Morgan fingerprint density at radius 3 is 2.50 bits per heavy atom. The predicted molar refractivity (Wildman–Crippen MR) is 135 cm³/mol. The highest BCUT2D eigenvalue weighted by Crippen LogP contribution is 2.26. The van der Waals surface area contributed by atoms with Gasteiger partial charge in [0.25, 0.3) is 15.9 Å². The minimum atomic E-state index is -3.90. The normalized spacial score (nSPS) is 15.8. The maximum atomic E-state index is 12.9. The molecule has 2 aromatic carbocycles. The van der Waals surface area contributed by atoms with Crippen molar-refractivity contribution in [3.8, 4) is 0 Å². The Morgan fingerprint density at radius 1 is 1.12 bits per heavy atom. The summed E-state index contributed by atoms with van der Waals surface area (Å²) in [6, 6.07) is 14.6. The summed E-state index contributed by atoms with van der Waals surface area (Å²) in [4.78, 5) is 14.8. The molecule has 0 saturated carbocycles. The number of nitrogens with one attached hydrogen (secondary N) is 2. The van der Waals surface area contributed by atoms with Crippen molar-refractivity contribution in [3.05, 3.63) is 65.2 Å². The molecule has 1 aliphatic heterocycles. The van der Waals surface area contributed by atoms with Crippen LogP contribution in [-0.2, 0) is 10.0 Å². The lowest BCUT2D eigenvalue weighted by atomic mass is 9.98. The second-order valence-corrected chi connectivity index (χ2v) is 11.7. The van der Waals surface area contributed by atoms with Gasteiger partial charge in [-0.3, -0.25) is 10.1 Å². The molecule has 8 nitrogen and oxygen atoms in total. The summed E-state index contributed by atoms with van der Waals surface area (Å²) in [7, 11) is -3.90. The summed E-state index contributed by atoms with van der Waals surface area (Å²) in [6.45, 7) is 8.05. The van der Waals surface area contributed by atoms with Crippen LogP contribution in [0.1, 0.15) is 54.2 Å². The summed E-state index contributed by atoms with van der Waals surface area (Å²) in [5.41, 5.74) is 3.43. The Bertz CT molecular complexity index is 1250. The third-order valence-electron chi connectivity index (χ3n) is 6.01. The zero-order chi connectivity index (χ0) is 24.3. The first-order valence-electron chi connectivity index (χ1n) is 11.3. The molecule has 0 aliphatic carbocycles. The number of carbonyl (C=O) groups excluding carboxylic acids is 1. The monoisotopic (exact) mass is 499 g/mol. The molecule has 1 saturated heterocycles. The first kappa shape index (κ1) is 24.3. The van der Waals surface area contributed by atoms with Crippen molar-refractivity contribution in [2.75, 3.05) is 23.3 Å². The Balaban J connectivity index is 1.39. The van der Waals surface area contributed by atoms with Crippen LogP contribution in [-0.4, -0.2) is 37.6 Å². The quantitative estimate of drug-likeness (QED) is 0.468. The fourth-order valence-electron chi connectivity index (χ4n) is 3.92. The van der Waals surface area contributed by atoms with Crippen molar-refractivity contribution in [2.24, 2.45) is 5.92 Å². The van der Waals surface area contributed by atoms with Gasteiger partial charge in [-0.1, -0.05) is 48.1 Å². The zero-order valence-corrected chi connectivity index (χ0v) is 21.1. The van der Waals surface area contributed by atoms with E-state index in [1.165, 1.54) is 12.8 Å². The maximum absolute atomic E-state index is 12.9. The number of amides is 1. The molecule has 1 fully saturated rings. The number of hydrogen-bond acceptors (Lipinski definition) is 7. The van der Waals surface area contributed by atoms with E-state index in [2.05, 4.69) is 32.1 Å². The van der Waals surface area contributed by atoms with Gasteiger partial charge in [-0.2, -0.15) is 0 Å². The third-order valence-corrected chi connectivity index (χ3v) is 8.76. The van der Waals surface area contributed by atoms with Crippen molar-refractivity contribution in [1.29, 1.82) is 0 Å². The fourth-order valence-corrected chi connectivity index (χ4v) is 6.06. The van der Waals surface area contributed by atoms with Crippen LogP contribution in [0.4, 0.5) is 10.8 Å². The second-order valence-electron chi connectivity index (χ2n) is 8.80. The molecule has 2 N–H and O–H groups in total. The van der Waals surface area contributed by atoms with E-state index in [9.17, 15) is 13.2 Å². The lowest BCUT2D eigenvalue weighted by Gasteiger charge is -2.32. The number of carbonyl (C=O) groups is 1. The number of nitrogens with zero attached hydrogens (tertiary/aromatic N) is 3. The molecule has 180 valence electrons. The van der Waals surface area contributed by atoms with Gasteiger partial charge in [0.2, 0.25) is 9.47 Å². The Kier molecular flexibility index (Phi) is 7.30. The van der Waals surface area contributed by atoms with E-state index in [0.29, 0.717) is 5.56 Å². The predicted octanol–water partition coefficient (Wildman–Crippen LogP) is 4.37. The van der Waals surface area contributed by atoms with E-state index in [4.69, 9.17) is 0 Å². The highest BCUT2D eigenvalue weighted by Gasteiger charge is 2.24. The average Bonchev–Trinajstić information content (AvgIpc) is 3.29. The minimum Gasteiger partial charge on any atom is -0.372 e. The highest BCUT2D eigenvalue weighted by molar-refractivity contribution is 7.91. The van der Waals surface area contributed by atoms with Gasteiger partial charge in [0.05, 0.1) is 0 Å². The van der Waals surface area contributed by atoms with Gasteiger partial charge in [-0.25, -0.2) is 13.1 Å². The number of aromatic nitrogens is 2. The Hall–Kier alpha value is -2.82. The number of sulfonamides is 1. The van der Waals surface area contributed by atoms with Gasteiger partial charge in [0, 0.05) is 30.4 Å². The molecule has 0 radical (unpaired) electrons. The van der Waals surface area contributed by atoms with E-state index in [1.54, 1.807) is 25.1 Å². The molecule has 1 aliphatic rings. The molecule has 10 heteroatoms. The largest absolute Gasteiger partial charge is 0.372 e. The molecule has 0 unspecified atom stereocenters. The van der Waals surface area contributed by atoms with E-state index >= 15 is 0 Å². The molecule has 34 heavy (non-hydrogen) atoms. The topological polar surface area (TPSA) is 104 Å². The third kappa shape index (κ3) is 5.81. The van der Waals surface area contributed by atoms with Gasteiger partial charge < -0.3 is 4.90 Å². The van der Waals surface area contributed by atoms with Crippen LogP contribution in [0.2, 0.25) is 0 Å². The SMILES string of the molecule is Cc1cccc(C(=O)Nc2nnc(S(=O)(=O)N[C@@H](C)c3ccc(N4CCC(C)CC4)cc3)s2)c1. The number of rotatable bonds is 7. The van der Waals surface area contributed by atoms with E-state index in [1.807, 2.05) is 37.3 Å². The van der Waals surface area contributed by atoms with Gasteiger partial charge in [0.1, 0.15) is 0 Å². The van der Waals surface area contributed by atoms with Crippen LogP contribution < -0.4 is 14.9 Å². The van der Waals surface area contributed by atoms with Crippen LogP contribution in [0.3, 0.4) is 0 Å². The van der Waals surface area contributed by atoms with Crippen molar-refractivity contribution >= 4 is 38.1 Å². The molecule has 2 heterocycles. The van der Waals surface area contributed by atoms with E-state index in [0.717, 1.165) is 47.2 Å². The smallest absolute Gasteiger partial charge is 0.270 e. The molecular weight excluding hydrogens is 470 g/mol. The zero-order valence-electron chi connectivity index (χ0n) is 19.5. The number of aryl methyl sites for hydroxylation is 1. The number of anilines is 2. The van der Waals surface area contributed by atoms with Crippen LogP contribution >= 0.6 is 11.3 Å². The highest BCUT2D eigenvalue weighted by atomic mass is 32.2. The first-order valence-corrected chi connectivity index (χ1v) is 13.6. The van der Waals surface area contributed by atoms with E-state index < -0.39 is 16.1 Å². The van der Waals surface area contributed by atoms with Crippen molar-refractivity contribution in [1.82, 2.24) is 14.9 Å². The number of piperidine rings is 1. The Labute approximate surface area is 204 Å². The summed E-state index contributed by atoms with van der Waals surface area (Å²) in [6.07, 6.45) is 2.38. The minimum absolute atomic E-state index is 0.125. The second kappa shape index (κ2) is 10.2. The molecule has 1 atom stereocenters. The van der Waals surface area contributed by atoms with Gasteiger partial charge in [-0.05, 0) is 62.4 Å². The molecule has 3 aromatic rings. The standard InChI is InChI=1S/C24H29N5O3S2/c1-16-11-13-29(14-12-16)21-9-7-19(8-10-21)18(3)28-34(31,32)24-27-26-23(33-24)25-22(30)20-6-4-5-17(2)15-20/h4-10,15-16,18,28H,11-14H2,1-3H3,(H,25,26,30)/t18-/m0/s1. The van der Waals surface area contributed by atoms with Gasteiger partial charge in [0.15, 0.2) is 0 Å². The molecule has 4 rings (SSSR count). The number of benzene rings is 2. The number of hydrogen-bond donors (Lipinski definition) is 2. The molecule has 0 spiro atoms. The van der Waals surface area contributed by atoms with Crippen molar-refractivity contribution < 1.29 is 13.2 Å². The Morgan fingerprint density at radius 2 is 1.82 bits per heavy atom. The van der Waals surface area contributed by atoms with Crippen LogP contribution in [0, 0.1) is 12.8 Å². The lowest BCUT2D eigenvalue weighted by molar-refractivity contribution is 0.102. The average molecular weight is 500 g/mol. The summed E-state index contributed by atoms with van der Waals surface area (Å²) >= 11 is 0.814. The van der Waals surface area contributed by atoms with Crippen molar-refractivity contribution in [2.45, 2.75) is 44.0 Å². The molecule has 1 amide bonds. The molecule has 0 bridgehead atoms. The fraction of sp³-hybridized carbons (Fsp3) is 0.375. The van der Waals surface area contributed by atoms with Gasteiger partial charge >= 0.3 is 0 Å².